The number of hydrogen-bond donors (Lipinski definition) is 2. The molecule has 6 nitrogen and oxygen atoms in total. The molecule has 0 saturated carbocycles. The highest BCUT2D eigenvalue weighted by atomic mass is 16.3. The zero-order valence-corrected chi connectivity index (χ0v) is 15.0. The highest BCUT2D eigenvalue weighted by molar-refractivity contribution is 5.75. The lowest BCUT2D eigenvalue weighted by molar-refractivity contribution is 0.260. The van der Waals surface area contributed by atoms with E-state index in [-0.39, 0.29) is 5.75 Å². The van der Waals surface area contributed by atoms with E-state index in [9.17, 15) is 5.11 Å². The highest BCUT2D eigenvalue weighted by Crippen LogP contribution is 2.38. The van der Waals surface area contributed by atoms with E-state index < -0.39 is 0 Å². The molecule has 2 aromatic rings. The normalized spacial score (nSPS) is 19.8. The van der Waals surface area contributed by atoms with Crippen molar-refractivity contribution < 1.29 is 5.11 Å². The fourth-order valence-electron chi connectivity index (χ4n) is 4.09. The molecular weight excluding hydrogens is 326 g/mol. The van der Waals surface area contributed by atoms with Gasteiger partial charge < -0.3 is 15.3 Å². The van der Waals surface area contributed by atoms with E-state index in [0.717, 1.165) is 50.3 Å². The van der Waals surface area contributed by atoms with Crippen LogP contribution in [0.5, 0.6) is 5.75 Å². The van der Waals surface area contributed by atoms with Gasteiger partial charge in [0.25, 0.3) is 0 Å². The second-order valence-electron chi connectivity index (χ2n) is 7.27. The number of hydrogen-bond acceptors (Lipinski definition) is 5. The summed E-state index contributed by atoms with van der Waals surface area (Å²) in [6.07, 6.45) is 5.37. The van der Waals surface area contributed by atoms with Crippen LogP contribution < -0.4 is 5.32 Å². The third-order valence-corrected chi connectivity index (χ3v) is 5.37. The van der Waals surface area contributed by atoms with Gasteiger partial charge in [0.15, 0.2) is 11.5 Å². The van der Waals surface area contributed by atoms with E-state index >= 15 is 0 Å². The minimum absolute atomic E-state index is 0.0940. The second-order valence-corrected chi connectivity index (χ2v) is 7.27. The minimum atomic E-state index is 0.0940. The van der Waals surface area contributed by atoms with Gasteiger partial charge in [-0.25, -0.2) is 4.85 Å². The average Bonchev–Trinajstić information content (AvgIpc) is 3.13. The van der Waals surface area contributed by atoms with Crippen molar-refractivity contribution >= 4 is 11.5 Å². The van der Waals surface area contributed by atoms with Crippen LogP contribution in [0.2, 0.25) is 0 Å². The first-order valence-corrected chi connectivity index (χ1v) is 9.20. The van der Waals surface area contributed by atoms with Crippen molar-refractivity contribution in [2.24, 2.45) is 0 Å². The number of phenolic OH excluding ortho intramolecular Hbond substituents is 1. The Hall–Kier alpha value is -2.65. The van der Waals surface area contributed by atoms with Crippen LogP contribution in [0.1, 0.15) is 30.4 Å². The standard InChI is InChI=1S/C20H23N5O/c1-21-13-8-9-17(18(26)11-13)19-15-6-3-7-16(15)20(24-23-19)22-14-5-4-10-25(2)12-14/h8-9,11,14,26H,3-7,10,12H2,2H3,(H,22,24)/t14-/m1/s1. The number of aromatic hydroxyl groups is 1. The molecule has 1 aromatic carbocycles. The topological polar surface area (TPSA) is 65.6 Å². The van der Waals surface area contributed by atoms with Gasteiger partial charge in [0.1, 0.15) is 11.4 Å². The maximum absolute atomic E-state index is 10.3. The molecule has 1 saturated heterocycles. The van der Waals surface area contributed by atoms with Crippen molar-refractivity contribution in [1.29, 1.82) is 0 Å². The predicted octanol–water partition coefficient (Wildman–Crippen LogP) is 3.39. The van der Waals surface area contributed by atoms with Crippen LogP contribution >= 0.6 is 0 Å². The molecule has 2 heterocycles. The molecule has 0 amide bonds. The van der Waals surface area contributed by atoms with Crippen LogP contribution in [-0.4, -0.2) is 46.4 Å². The van der Waals surface area contributed by atoms with Crippen molar-refractivity contribution in [3.8, 4) is 17.0 Å². The molecule has 1 aliphatic carbocycles. The molecule has 1 aliphatic heterocycles. The quantitative estimate of drug-likeness (QED) is 0.832. The van der Waals surface area contributed by atoms with Crippen LogP contribution in [0.4, 0.5) is 11.5 Å². The predicted molar refractivity (Wildman–Crippen MR) is 102 cm³/mol. The Bertz CT molecular complexity index is 873. The molecule has 4 rings (SSSR count). The summed E-state index contributed by atoms with van der Waals surface area (Å²) in [5.41, 5.74) is 4.25. The van der Waals surface area contributed by atoms with E-state index in [1.807, 2.05) is 0 Å². The first-order valence-electron chi connectivity index (χ1n) is 9.20. The largest absolute Gasteiger partial charge is 0.509 e. The molecule has 0 unspecified atom stereocenters. The van der Waals surface area contributed by atoms with Crippen molar-refractivity contribution in [2.75, 3.05) is 25.5 Å². The monoisotopic (exact) mass is 349 g/mol. The second kappa shape index (κ2) is 6.93. The first-order chi connectivity index (χ1) is 12.7. The molecule has 1 atom stereocenters. The SMILES string of the molecule is [C-]#[N+]c1ccc(-c2nnc(N[C@@H]3CCCN(C)C3)c3c2CCC3)c(O)c1. The lowest BCUT2D eigenvalue weighted by atomic mass is 10.0. The molecular formula is C20H23N5O. The Morgan fingerprint density at radius 3 is 2.85 bits per heavy atom. The molecule has 0 radical (unpaired) electrons. The van der Waals surface area contributed by atoms with Crippen molar-refractivity contribution in [3.05, 3.63) is 40.7 Å². The Kier molecular flexibility index (Phi) is 4.48. The molecule has 1 aromatic heterocycles. The molecule has 0 spiro atoms. The number of aromatic nitrogens is 2. The number of phenols is 1. The Morgan fingerprint density at radius 1 is 1.23 bits per heavy atom. The minimum Gasteiger partial charge on any atom is -0.509 e. The van der Waals surface area contributed by atoms with Gasteiger partial charge in [-0.3, -0.25) is 0 Å². The van der Waals surface area contributed by atoms with Gasteiger partial charge in [0.2, 0.25) is 0 Å². The summed E-state index contributed by atoms with van der Waals surface area (Å²) in [4.78, 5) is 5.71. The summed E-state index contributed by atoms with van der Waals surface area (Å²) in [6, 6.07) is 5.39. The van der Waals surface area contributed by atoms with Gasteiger partial charge in [-0.1, -0.05) is 12.1 Å². The van der Waals surface area contributed by atoms with Crippen LogP contribution in [0, 0.1) is 6.57 Å². The van der Waals surface area contributed by atoms with Gasteiger partial charge in [0.05, 0.1) is 6.57 Å². The Morgan fingerprint density at radius 2 is 2.08 bits per heavy atom. The number of nitrogens with zero attached hydrogens (tertiary/aromatic N) is 4. The molecule has 6 heteroatoms. The summed E-state index contributed by atoms with van der Waals surface area (Å²) in [6.45, 7) is 9.26. The first kappa shape index (κ1) is 16.8. The zero-order chi connectivity index (χ0) is 18.1. The number of likely N-dealkylation sites (N-methyl/N-ethyl adjacent to an activating group) is 1. The van der Waals surface area contributed by atoms with E-state index in [1.54, 1.807) is 12.1 Å². The summed E-state index contributed by atoms with van der Waals surface area (Å²) in [5.74, 6) is 0.996. The van der Waals surface area contributed by atoms with Gasteiger partial charge >= 0.3 is 0 Å². The fraction of sp³-hybridized carbons (Fsp3) is 0.450. The fourth-order valence-corrected chi connectivity index (χ4v) is 4.09. The third kappa shape index (κ3) is 3.11. The third-order valence-electron chi connectivity index (χ3n) is 5.37. The lowest BCUT2D eigenvalue weighted by Gasteiger charge is -2.31. The number of anilines is 1. The molecule has 1 fully saturated rings. The Labute approximate surface area is 153 Å². The van der Waals surface area contributed by atoms with Crippen molar-refractivity contribution in [1.82, 2.24) is 15.1 Å². The number of rotatable bonds is 3. The molecule has 0 bridgehead atoms. The summed E-state index contributed by atoms with van der Waals surface area (Å²) < 4.78 is 0. The number of nitrogens with one attached hydrogen (secondary N) is 1. The lowest BCUT2D eigenvalue weighted by Crippen LogP contribution is -2.40. The van der Waals surface area contributed by atoms with Gasteiger partial charge in [-0.15, -0.1) is 10.2 Å². The zero-order valence-electron chi connectivity index (χ0n) is 15.0. The average molecular weight is 349 g/mol. The maximum Gasteiger partial charge on any atom is 0.190 e. The van der Waals surface area contributed by atoms with Crippen molar-refractivity contribution in [3.63, 3.8) is 0 Å². The van der Waals surface area contributed by atoms with Crippen LogP contribution in [0.15, 0.2) is 18.2 Å². The smallest absolute Gasteiger partial charge is 0.190 e. The van der Waals surface area contributed by atoms with Gasteiger partial charge in [-0.2, -0.15) is 0 Å². The molecule has 26 heavy (non-hydrogen) atoms. The molecule has 134 valence electrons. The number of piperidine rings is 1. The van der Waals surface area contributed by atoms with E-state index in [0.29, 0.717) is 17.3 Å². The van der Waals surface area contributed by atoms with Crippen LogP contribution in [0.3, 0.4) is 0 Å². The van der Waals surface area contributed by atoms with Crippen LogP contribution in [0.25, 0.3) is 16.1 Å². The van der Waals surface area contributed by atoms with Gasteiger partial charge in [-0.05, 0) is 57.3 Å². The van der Waals surface area contributed by atoms with Gasteiger partial charge in [0, 0.05) is 23.7 Å². The van der Waals surface area contributed by atoms with Crippen LogP contribution in [-0.2, 0) is 12.8 Å². The van der Waals surface area contributed by atoms with E-state index in [1.165, 1.54) is 23.6 Å². The number of benzene rings is 1. The molecule has 2 aliphatic rings. The Balaban J connectivity index is 1.67. The number of likely N-dealkylation sites (tertiary alicyclic amines) is 1. The number of fused-ring (bicyclic) bond motifs is 1. The highest BCUT2D eigenvalue weighted by Gasteiger charge is 2.25. The summed E-state index contributed by atoms with van der Waals surface area (Å²) in [5, 5.41) is 22.9. The van der Waals surface area contributed by atoms with E-state index in [4.69, 9.17) is 6.57 Å². The van der Waals surface area contributed by atoms with E-state index in [2.05, 4.69) is 32.3 Å². The maximum atomic E-state index is 10.3. The summed E-state index contributed by atoms with van der Waals surface area (Å²) in [7, 11) is 2.16. The van der Waals surface area contributed by atoms with Crippen molar-refractivity contribution in [2.45, 2.75) is 38.1 Å². The summed E-state index contributed by atoms with van der Waals surface area (Å²) >= 11 is 0. The molecule has 2 N–H and O–H groups in total.